The molecule has 0 saturated carbocycles. The van der Waals surface area contributed by atoms with Gasteiger partial charge in [0.25, 0.3) is 0 Å². The molecule has 3 nitrogen and oxygen atoms in total. The van der Waals surface area contributed by atoms with E-state index >= 15 is 0 Å². The third kappa shape index (κ3) is 6.14. The van der Waals surface area contributed by atoms with Crippen LogP contribution in [0.3, 0.4) is 0 Å². The molecule has 0 aliphatic heterocycles. The summed E-state index contributed by atoms with van der Waals surface area (Å²) in [6.07, 6.45) is 0.524. The summed E-state index contributed by atoms with van der Waals surface area (Å²) in [6, 6.07) is 16.8. The third-order valence-corrected chi connectivity index (χ3v) is 4.93. The van der Waals surface area contributed by atoms with E-state index in [2.05, 4.69) is 72.3 Å². The molecule has 0 amide bonds. The van der Waals surface area contributed by atoms with Crippen LogP contribution in [-0.4, -0.2) is 24.4 Å². The third-order valence-electron chi connectivity index (χ3n) is 4.40. The average Bonchev–Trinajstić information content (AvgIpc) is 2.62. The maximum absolute atomic E-state index is 10.3. The van der Waals surface area contributed by atoms with Crippen molar-refractivity contribution in [3.63, 3.8) is 0 Å². The second-order valence-corrected chi connectivity index (χ2v) is 7.61. The Labute approximate surface area is 159 Å². The molecular weight excluding hydrogens is 378 g/mol. The number of para-hydroxylation sites is 1. The lowest BCUT2D eigenvalue weighted by Gasteiger charge is -2.19. The normalized spacial score (nSPS) is 13.7. The van der Waals surface area contributed by atoms with Gasteiger partial charge in [-0.15, -0.1) is 0 Å². The predicted octanol–water partition coefficient (Wildman–Crippen LogP) is 4.03. The molecule has 3 N–H and O–H groups in total. The minimum absolute atomic E-state index is 0.316. The number of halogens is 1. The van der Waals surface area contributed by atoms with E-state index in [0.717, 1.165) is 16.6 Å². The fourth-order valence-corrected chi connectivity index (χ4v) is 3.18. The molecule has 0 radical (unpaired) electrons. The molecule has 0 aliphatic carbocycles. The number of hydrogen-bond acceptors (Lipinski definition) is 2. The second kappa shape index (κ2) is 9.95. The van der Waals surface area contributed by atoms with Crippen molar-refractivity contribution in [3.8, 4) is 5.75 Å². The van der Waals surface area contributed by atoms with Crippen molar-refractivity contribution >= 4 is 15.9 Å². The first-order valence-corrected chi connectivity index (χ1v) is 9.79. The van der Waals surface area contributed by atoms with E-state index in [0.29, 0.717) is 25.1 Å². The zero-order valence-electron chi connectivity index (χ0n) is 15.3. The molecule has 2 atom stereocenters. The van der Waals surface area contributed by atoms with Gasteiger partial charge in [0.05, 0.1) is 0 Å². The summed E-state index contributed by atoms with van der Waals surface area (Å²) in [5.74, 6) is 1.28. The molecule has 0 aliphatic rings. The highest BCUT2D eigenvalue weighted by Gasteiger charge is 2.16. The van der Waals surface area contributed by atoms with Crippen LogP contribution in [-0.2, 0) is 0 Å². The molecule has 136 valence electrons. The summed E-state index contributed by atoms with van der Waals surface area (Å²) < 4.78 is 6.96. The fraction of sp³-hybridized carbons (Fsp3) is 0.429. The number of nitrogens with two attached hydrogens (primary N) is 1. The Morgan fingerprint density at radius 3 is 2.40 bits per heavy atom. The van der Waals surface area contributed by atoms with E-state index in [-0.39, 0.29) is 0 Å². The number of aliphatic hydroxyl groups is 1. The van der Waals surface area contributed by atoms with E-state index in [1.165, 1.54) is 11.1 Å². The Morgan fingerprint density at radius 1 is 1.08 bits per heavy atom. The largest absolute Gasteiger partial charge is 0.490 e. The summed E-state index contributed by atoms with van der Waals surface area (Å²) in [5.41, 5.74) is 2.46. The van der Waals surface area contributed by atoms with Gasteiger partial charge in [0.15, 0.2) is 0 Å². The van der Waals surface area contributed by atoms with Gasteiger partial charge in [-0.2, -0.15) is 0 Å². The molecule has 4 heteroatoms. The van der Waals surface area contributed by atoms with Crippen LogP contribution in [0.2, 0.25) is 0 Å². The zero-order valence-corrected chi connectivity index (χ0v) is 16.9. The molecule has 0 aromatic heterocycles. The minimum Gasteiger partial charge on any atom is -0.490 e. The number of rotatable bonds is 9. The van der Waals surface area contributed by atoms with Crippen LogP contribution in [0, 0.1) is 0 Å². The van der Waals surface area contributed by atoms with Crippen molar-refractivity contribution in [1.29, 1.82) is 0 Å². The zero-order chi connectivity index (χ0) is 18.2. The Morgan fingerprint density at radius 2 is 1.76 bits per heavy atom. The average molecular weight is 407 g/mol. The Kier molecular flexibility index (Phi) is 7.94. The van der Waals surface area contributed by atoms with Gasteiger partial charge in [0, 0.05) is 16.5 Å². The summed E-state index contributed by atoms with van der Waals surface area (Å²) >= 11 is 3.47. The number of aliphatic hydroxyl groups excluding tert-OH is 1. The molecule has 0 fully saturated rings. The molecule has 2 rings (SSSR count). The molecule has 0 saturated heterocycles. The molecule has 2 aromatic carbocycles. The first kappa shape index (κ1) is 20.0. The predicted molar refractivity (Wildman–Crippen MR) is 106 cm³/mol. The Hall–Kier alpha value is -1.36. The van der Waals surface area contributed by atoms with Crippen molar-refractivity contribution < 1.29 is 15.2 Å². The quantitative estimate of drug-likeness (QED) is 0.660. The highest BCUT2D eigenvalue weighted by molar-refractivity contribution is 9.10. The van der Waals surface area contributed by atoms with Gasteiger partial charge < -0.3 is 15.2 Å². The number of ether oxygens (including phenoxy) is 1. The van der Waals surface area contributed by atoms with Crippen LogP contribution in [0.15, 0.2) is 53.0 Å². The van der Waals surface area contributed by atoms with Crippen molar-refractivity contribution in [1.82, 2.24) is 0 Å². The molecule has 0 bridgehead atoms. The van der Waals surface area contributed by atoms with Gasteiger partial charge in [-0.3, -0.25) is 0 Å². The van der Waals surface area contributed by atoms with Gasteiger partial charge >= 0.3 is 0 Å². The van der Waals surface area contributed by atoms with Crippen LogP contribution in [0.4, 0.5) is 0 Å². The maximum atomic E-state index is 10.3. The molecule has 2 aromatic rings. The van der Waals surface area contributed by atoms with E-state index in [1.54, 1.807) is 0 Å². The summed E-state index contributed by atoms with van der Waals surface area (Å²) in [7, 11) is 0. The maximum Gasteiger partial charge on any atom is 0.137 e. The molecule has 0 spiro atoms. The van der Waals surface area contributed by atoms with Crippen molar-refractivity contribution in [2.45, 2.75) is 45.3 Å². The lowest BCUT2D eigenvalue weighted by Crippen LogP contribution is -2.87. The monoisotopic (exact) mass is 406 g/mol. The lowest BCUT2D eigenvalue weighted by molar-refractivity contribution is -0.701. The first-order valence-electron chi connectivity index (χ1n) is 8.99. The smallest absolute Gasteiger partial charge is 0.137 e. The number of hydrogen-bond donors (Lipinski definition) is 2. The molecule has 25 heavy (non-hydrogen) atoms. The topological polar surface area (TPSA) is 46.1 Å². The van der Waals surface area contributed by atoms with E-state index in [4.69, 9.17) is 4.74 Å². The molecular formula is C21H29BrNO2+. The van der Waals surface area contributed by atoms with Crippen LogP contribution in [0.5, 0.6) is 5.75 Å². The summed E-state index contributed by atoms with van der Waals surface area (Å²) in [5, 5.41) is 12.5. The van der Waals surface area contributed by atoms with Crippen LogP contribution in [0.25, 0.3) is 0 Å². The van der Waals surface area contributed by atoms with Crippen molar-refractivity contribution in [3.05, 3.63) is 64.1 Å². The molecule has 0 heterocycles. The second-order valence-electron chi connectivity index (χ2n) is 6.70. The van der Waals surface area contributed by atoms with E-state index < -0.39 is 6.10 Å². The fourth-order valence-electron chi connectivity index (χ4n) is 2.91. The first-order chi connectivity index (χ1) is 12.0. The van der Waals surface area contributed by atoms with Crippen LogP contribution in [0.1, 0.15) is 50.3 Å². The van der Waals surface area contributed by atoms with Gasteiger partial charge in [-0.25, -0.2) is 0 Å². The van der Waals surface area contributed by atoms with Gasteiger partial charge in [-0.1, -0.05) is 67.0 Å². The standard InChI is InChI=1S/C21H28BrNO2/c1-4-20(16-9-11-17(22)12-10-16)23-13-18(24)14-25-21-8-6-5-7-19(21)15(2)3/h5-12,15,18,20,23-24H,4,13-14H2,1-3H3/p+1/t18-,20-/m0/s1. The number of benzene rings is 2. The van der Waals surface area contributed by atoms with Crippen LogP contribution < -0.4 is 10.1 Å². The van der Waals surface area contributed by atoms with Crippen molar-refractivity contribution in [2.75, 3.05) is 13.2 Å². The highest BCUT2D eigenvalue weighted by atomic mass is 79.9. The van der Waals surface area contributed by atoms with Gasteiger partial charge in [-0.05, 0) is 29.7 Å². The minimum atomic E-state index is -0.496. The highest BCUT2D eigenvalue weighted by Crippen LogP contribution is 2.25. The van der Waals surface area contributed by atoms with Crippen LogP contribution >= 0.6 is 15.9 Å². The van der Waals surface area contributed by atoms with E-state index in [9.17, 15) is 5.11 Å². The Balaban J connectivity index is 1.85. The van der Waals surface area contributed by atoms with Gasteiger partial charge in [0.1, 0.15) is 31.0 Å². The summed E-state index contributed by atoms with van der Waals surface area (Å²) in [6.45, 7) is 7.41. The lowest BCUT2D eigenvalue weighted by atomic mass is 10.0. The van der Waals surface area contributed by atoms with Gasteiger partial charge in [0.2, 0.25) is 0 Å². The van der Waals surface area contributed by atoms with Crippen molar-refractivity contribution in [2.24, 2.45) is 0 Å². The summed E-state index contributed by atoms with van der Waals surface area (Å²) in [4.78, 5) is 0. The Bertz CT molecular complexity index is 643. The van der Waals surface area contributed by atoms with E-state index in [1.807, 2.05) is 18.2 Å². The molecule has 0 unspecified atom stereocenters. The SMILES string of the molecule is CC[C@H]([NH2+]C[C@H](O)COc1ccccc1C(C)C)c1ccc(Br)cc1. The number of quaternary nitrogens is 1.